The molecule has 1 aromatic carbocycles. The smallest absolute Gasteiger partial charge is 0.308 e. The molecule has 7 heteroatoms. The fourth-order valence-corrected chi connectivity index (χ4v) is 5.83. The number of aliphatic hydroxyl groups excluding tert-OH is 1. The van der Waals surface area contributed by atoms with Crippen LogP contribution < -0.4 is 4.74 Å². The minimum absolute atomic E-state index is 0.0807. The largest absolute Gasteiger partial charge is 0.497 e. The number of aliphatic carboxylic acids is 1. The van der Waals surface area contributed by atoms with Gasteiger partial charge in [-0.25, -0.2) is 0 Å². The number of unbranched alkanes of at least 4 members (excludes halogenated alkanes) is 1. The Morgan fingerprint density at radius 3 is 2.94 bits per heavy atom. The van der Waals surface area contributed by atoms with Crippen molar-refractivity contribution in [1.29, 1.82) is 0 Å². The van der Waals surface area contributed by atoms with E-state index in [0.717, 1.165) is 61.0 Å². The minimum atomic E-state index is -0.720. The summed E-state index contributed by atoms with van der Waals surface area (Å²) in [7, 11) is 1.62. The maximum Gasteiger partial charge on any atom is 0.308 e. The van der Waals surface area contributed by atoms with E-state index in [1.807, 2.05) is 24.3 Å². The number of methoxy groups -OCH3 is 1. The van der Waals surface area contributed by atoms with E-state index < -0.39 is 12.1 Å². The van der Waals surface area contributed by atoms with Crippen LogP contribution in [0.3, 0.4) is 0 Å². The first kappa shape index (κ1) is 24.6. The van der Waals surface area contributed by atoms with Crippen molar-refractivity contribution in [2.24, 2.45) is 11.8 Å². The van der Waals surface area contributed by atoms with Crippen molar-refractivity contribution in [1.82, 2.24) is 9.88 Å². The number of rotatable bonds is 11. The molecule has 3 heterocycles. The SMILES string of the molecule is COc1ccc2nccc([C@@H](O)CC[C@@H]3CCN(CCCCc4cccs4)C[C@@H]3C(=O)O)c2c1. The highest BCUT2D eigenvalue weighted by Crippen LogP contribution is 2.33. The van der Waals surface area contributed by atoms with Gasteiger partial charge in [-0.1, -0.05) is 6.07 Å². The molecule has 34 heavy (non-hydrogen) atoms. The lowest BCUT2D eigenvalue weighted by atomic mass is 9.81. The van der Waals surface area contributed by atoms with Crippen molar-refractivity contribution in [2.75, 3.05) is 26.7 Å². The summed E-state index contributed by atoms with van der Waals surface area (Å²) < 4.78 is 5.34. The zero-order valence-electron chi connectivity index (χ0n) is 19.7. The molecule has 1 aliphatic rings. The number of fused-ring (bicyclic) bond motifs is 1. The second-order valence-electron chi connectivity index (χ2n) is 9.21. The van der Waals surface area contributed by atoms with Crippen molar-refractivity contribution in [3.8, 4) is 5.75 Å². The van der Waals surface area contributed by atoms with Gasteiger partial charge in [-0.05, 0) is 98.8 Å². The Morgan fingerprint density at radius 2 is 2.18 bits per heavy atom. The molecule has 3 aromatic rings. The fraction of sp³-hybridized carbons (Fsp3) is 0.481. The number of ether oxygens (including phenoxy) is 1. The number of likely N-dealkylation sites (tertiary alicyclic amines) is 1. The number of pyridine rings is 1. The number of aliphatic hydroxyl groups is 1. The lowest BCUT2D eigenvalue weighted by Gasteiger charge is -2.37. The van der Waals surface area contributed by atoms with Crippen molar-refractivity contribution in [2.45, 2.75) is 44.6 Å². The van der Waals surface area contributed by atoms with Crippen molar-refractivity contribution < 1.29 is 19.7 Å². The predicted molar refractivity (Wildman–Crippen MR) is 135 cm³/mol. The lowest BCUT2D eigenvalue weighted by Crippen LogP contribution is -2.44. The average Bonchev–Trinajstić information content (AvgIpc) is 3.38. The van der Waals surface area contributed by atoms with Crippen LogP contribution >= 0.6 is 11.3 Å². The van der Waals surface area contributed by atoms with Crippen LogP contribution in [0.1, 0.15) is 48.6 Å². The van der Waals surface area contributed by atoms with Gasteiger partial charge >= 0.3 is 5.97 Å². The number of piperidine rings is 1. The molecule has 2 aromatic heterocycles. The molecule has 0 amide bonds. The van der Waals surface area contributed by atoms with Crippen LogP contribution in [0.25, 0.3) is 10.9 Å². The Morgan fingerprint density at radius 1 is 1.29 bits per heavy atom. The molecule has 0 unspecified atom stereocenters. The summed E-state index contributed by atoms with van der Waals surface area (Å²) in [5.74, 6) is -0.297. The van der Waals surface area contributed by atoms with Gasteiger partial charge in [-0.2, -0.15) is 0 Å². The molecule has 6 nitrogen and oxygen atoms in total. The number of hydrogen-bond acceptors (Lipinski definition) is 6. The molecule has 0 saturated carbocycles. The Labute approximate surface area is 205 Å². The fourth-order valence-electron chi connectivity index (χ4n) is 5.08. The zero-order valence-corrected chi connectivity index (χ0v) is 20.5. The van der Waals surface area contributed by atoms with Gasteiger partial charge in [0.1, 0.15) is 5.75 Å². The molecular weight excluding hydrogens is 448 g/mol. The van der Waals surface area contributed by atoms with E-state index in [-0.39, 0.29) is 11.8 Å². The molecule has 0 bridgehead atoms. The maximum atomic E-state index is 12.0. The van der Waals surface area contributed by atoms with Crippen LogP contribution in [0, 0.1) is 11.8 Å². The van der Waals surface area contributed by atoms with Gasteiger partial charge < -0.3 is 19.8 Å². The first-order valence-electron chi connectivity index (χ1n) is 12.1. The highest BCUT2D eigenvalue weighted by molar-refractivity contribution is 7.09. The summed E-state index contributed by atoms with van der Waals surface area (Å²) in [6, 6.07) is 11.8. The number of carboxylic acid groups (broad SMARTS) is 1. The maximum absolute atomic E-state index is 12.0. The van der Waals surface area contributed by atoms with Crippen LogP contribution in [-0.2, 0) is 11.2 Å². The van der Waals surface area contributed by atoms with Crippen molar-refractivity contribution in [3.05, 3.63) is 58.4 Å². The minimum Gasteiger partial charge on any atom is -0.497 e. The van der Waals surface area contributed by atoms with Gasteiger partial charge in [0.05, 0.1) is 24.6 Å². The number of benzene rings is 1. The molecule has 0 spiro atoms. The Hall–Kier alpha value is -2.48. The van der Waals surface area contributed by atoms with Gasteiger partial charge in [0.25, 0.3) is 0 Å². The zero-order chi connectivity index (χ0) is 23.9. The van der Waals surface area contributed by atoms with E-state index in [4.69, 9.17) is 4.74 Å². The standard InChI is InChI=1S/C27H34N2O4S/c1-33-20-8-9-25-23(17-20)22(11-13-28-25)26(30)10-7-19-12-15-29(18-24(19)27(31)32)14-3-2-5-21-6-4-16-34-21/h4,6,8-9,11,13,16-17,19,24,26,30H,2-3,5,7,10,12,14-15,18H2,1H3,(H,31,32)/t19-,24+,26+/m1/s1. The summed E-state index contributed by atoms with van der Waals surface area (Å²) >= 11 is 1.80. The van der Waals surface area contributed by atoms with Gasteiger partial charge in [-0.3, -0.25) is 9.78 Å². The van der Waals surface area contributed by atoms with E-state index in [2.05, 4.69) is 27.4 Å². The summed E-state index contributed by atoms with van der Waals surface area (Å²) in [5, 5.41) is 23.9. The molecule has 4 rings (SSSR count). The van der Waals surface area contributed by atoms with Gasteiger partial charge in [0, 0.05) is 23.0 Å². The van der Waals surface area contributed by atoms with E-state index in [0.29, 0.717) is 19.4 Å². The summed E-state index contributed by atoms with van der Waals surface area (Å²) in [5.41, 5.74) is 1.63. The van der Waals surface area contributed by atoms with Gasteiger partial charge in [0.2, 0.25) is 0 Å². The van der Waals surface area contributed by atoms with E-state index in [9.17, 15) is 15.0 Å². The Bertz CT molecular complexity index is 1070. The van der Waals surface area contributed by atoms with Gasteiger partial charge in [-0.15, -0.1) is 11.3 Å². The number of aromatic nitrogens is 1. The quantitative estimate of drug-likeness (QED) is 0.367. The summed E-state index contributed by atoms with van der Waals surface area (Å²) in [4.78, 5) is 20.2. The van der Waals surface area contributed by atoms with E-state index in [1.54, 1.807) is 24.6 Å². The summed E-state index contributed by atoms with van der Waals surface area (Å²) in [6.45, 7) is 2.48. The first-order valence-corrected chi connectivity index (χ1v) is 13.0. The molecule has 1 saturated heterocycles. The molecule has 1 aliphatic heterocycles. The topological polar surface area (TPSA) is 82.9 Å². The number of thiophene rings is 1. The average molecular weight is 483 g/mol. The molecule has 182 valence electrons. The number of carbonyl (C=O) groups is 1. The summed E-state index contributed by atoms with van der Waals surface area (Å²) in [6.07, 6.45) is 6.46. The number of nitrogens with zero attached hydrogens (tertiary/aromatic N) is 2. The third kappa shape index (κ3) is 6.14. The molecular formula is C27H34N2O4S. The monoisotopic (exact) mass is 482 g/mol. The number of aryl methyl sites for hydroxylation is 1. The number of hydrogen-bond donors (Lipinski definition) is 2. The van der Waals surface area contributed by atoms with Crippen LogP contribution in [-0.4, -0.2) is 52.8 Å². The normalized spacial score (nSPS) is 19.8. The van der Waals surface area contributed by atoms with Crippen LogP contribution in [0.2, 0.25) is 0 Å². The Balaban J connectivity index is 1.31. The second-order valence-corrected chi connectivity index (χ2v) is 10.2. The molecule has 0 aliphatic carbocycles. The molecule has 3 atom stereocenters. The molecule has 2 N–H and O–H groups in total. The number of carboxylic acids is 1. The van der Waals surface area contributed by atoms with E-state index in [1.165, 1.54) is 4.88 Å². The first-order chi connectivity index (χ1) is 16.5. The van der Waals surface area contributed by atoms with Gasteiger partial charge in [0.15, 0.2) is 0 Å². The van der Waals surface area contributed by atoms with Crippen LogP contribution in [0.15, 0.2) is 48.0 Å². The third-order valence-corrected chi connectivity index (χ3v) is 7.97. The van der Waals surface area contributed by atoms with Crippen LogP contribution in [0.5, 0.6) is 5.75 Å². The molecule has 1 fully saturated rings. The highest BCUT2D eigenvalue weighted by atomic mass is 32.1. The highest BCUT2D eigenvalue weighted by Gasteiger charge is 2.34. The van der Waals surface area contributed by atoms with Crippen molar-refractivity contribution in [3.63, 3.8) is 0 Å². The predicted octanol–water partition coefficient (Wildman–Crippen LogP) is 5.16. The lowest BCUT2D eigenvalue weighted by molar-refractivity contribution is -0.146. The van der Waals surface area contributed by atoms with Crippen molar-refractivity contribution >= 4 is 28.2 Å². The van der Waals surface area contributed by atoms with E-state index >= 15 is 0 Å². The second kappa shape index (κ2) is 11.8. The molecule has 0 radical (unpaired) electrons. The third-order valence-electron chi connectivity index (χ3n) is 7.04. The van der Waals surface area contributed by atoms with Crippen LogP contribution in [0.4, 0.5) is 0 Å². The Kier molecular flexibility index (Phi) is 8.53.